The molecule has 0 aliphatic heterocycles. The van der Waals surface area contributed by atoms with Crippen LogP contribution in [0.4, 0.5) is 5.95 Å². The van der Waals surface area contributed by atoms with E-state index in [0.717, 1.165) is 0 Å². The van der Waals surface area contributed by atoms with Crippen LogP contribution in [0.15, 0.2) is 18.2 Å². The third kappa shape index (κ3) is 1.94. The summed E-state index contributed by atoms with van der Waals surface area (Å²) in [5.74, 6) is 0.138. The number of hydrogen-bond acceptors (Lipinski definition) is 4. The van der Waals surface area contributed by atoms with Crippen molar-refractivity contribution in [2.45, 2.75) is 6.92 Å². The van der Waals surface area contributed by atoms with Crippen molar-refractivity contribution in [3.63, 3.8) is 0 Å². The molecule has 0 atom stereocenters. The molecule has 0 saturated carbocycles. The second kappa shape index (κ2) is 4.23. The molecule has 6 heteroatoms. The molecule has 0 spiro atoms. The molecule has 0 radical (unpaired) electrons. The van der Waals surface area contributed by atoms with Gasteiger partial charge in [0, 0.05) is 5.56 Å². The van der Waals surface area contributed by atoms with Crippen molar-refractivity contribution in [3.05, 3.63) is 33.9 Å². The van der Waals surface area contributed by atoms with E-state index in [1.54, 1.807) is 19.1 Å². The third-order valence-corrected chi connectivity index (χ3v) is 2.90. The van der Waals surface area contributed by atoms with E-state index in [1.165, 1.54) is 0 Å². The predicted molar refractivity (Wildman–Crippen MR) is 64.4 cm³/mol. The van der Waals surface area contributed by atoms with Crippen LogP contribution in [0.1, 0.15) is 5.69 Å². The molecule has 2 aromatic rings. The van der Waals surface area contributed by atoms with E-state index >= 15 is 0 Å². The SMILES string of the molecule is Cc1nc(N)nnc1-c1cccc(Cl)c1Cl. The molecule has 0 saturated heterocycles. The second-order valence-electron chi connectivity index (χ2n) is 3.21. The topological polar surface area (TPSA) is 64.7 Å². The van der Waals surface area contributed by atoms with Crippen LogP contribution in [0.2, 0.25) is 10.0 Å². The number of nitrogen functional groups attached to an aromatic ring is 1. The van der Waals surface area contributed by atoms with Crippen LogP contribution < -0.4 is 5.73 Å². The Balaban J connectivity index is 2.63. The van der Waals surface area contributed by atoms with Gasteiger partial charge in [0.25, 0.3) is 0 Å². The Hall–Kier alpha value is -1.39. The number of nitrogens with zero attached hydrogens (tertiary/aromatic N) is 3. The number of nitrogens with two attached hydrogens (primary N) is 1. The minimum Gasteiger partial charge on any atom is -0.366 e. The van der Waals surface area contributed by atoms with E-state index in [4.69, 9.17) is 28.9 Å². The zero-order valence-corrected chi connectivity index (χ0v) is 9.92. The van der Waals surface area contributed by atoms with Crippen molar-refractivity contribution in [1.82, 2.24) is 15.2 Å². The van der Waals surface area contributed by atoms with Crippen molar-refractivity contribution in [2.75, 3.05) is 5.73 Å². The van der Waals surface area contributed by atoms with Crippen molar-refractivity contribution >= 4 is 29.2 Å². The summed E-state index contributed by atoms with van der Waals surface area (Å²) in [7, 11) is 0. The predicted octanol–water partition coefficient (Wildman–Crippen LogP) is 2.74. The maximum absolute atomic E-state index is 6.08. The summed E-state index contributed by atoms with van der Waals surface area (Å²) in [4.78, 5) is 4.02. The maximum atomic E-state index is 6.08. The Morgan fingerprint density at radius 2 is 1.94 bits per heavy atom. The molecule has 16 heavy (non-hydrogen) atoms. The van der Waals surface area contributed by atoms with Gasteiger partial charge in [0.1, 0.15) is 5.69 Å². The van der Waals surface area contributed by atoms with Crippen LogP contribution >= 0.6 is 23.2 Å². The van der Waals surface area contributed by atoms with Crippen LogP contribution in [0.3, 0.4) is 0 Å². The number of aryl methyl sites for hydroxylation is 1. The van der Waals surface area contributed by atoms with Crippen LogP contribution in [0.25, 0.3) is 11.3 Å². The molecule has 1 heterocycles. The molecule has 0 aliphatic carbocycles. The first-order valence-corrected chi connectivity index (χ1v) is 5.26. The van der Waals surface area contributed by atoms with Crippen LogP contribution in [-0.4, -0.2) is 15.2 Å². The van der Waals surface area contributed by atoms with Gasteiger partial charge >= 0.3 is 0 Å². The van der Waals surface area contributed by atoms with E-state index in [9.17, 15) is 0 Å². The number of aromatic nitrogens is 3. The lowest BCUT2D eigenvalue weighted by atomic mass is 10.1. The molecule has 0 amide bonds. The fraction of sp³-hybridized carbons (Fsp3) is 0.100. The molecule has 1 aromatic heterocycles. The average molecular weight is 255 g/mol. The third-order valence-electron chi connectivity index (χ3n) is 2.08. The summed E-state index contributed by atoms with van der Waals surface area (Å²) in [6, 6.07) is 5.31. The quantitative estimate of drug-likeness (QED) is 0.850. The largest absolute Gasteiger partial charge is 0.366 e. The highest BCUT2D eigenvalue weighted by Gasteiger charge is 2.12. The highest BCUT2D eigenvalue weighted by atomic mass is 35.5. The Labute approximate surface area is 102 Å². The fourth-order valence-electron chi connectivity index (χ4n) is 1.36. The first-order chi connectivity index (χ1) is 7.59. The highest BCUT2D eigenvalue weighted by Crippen LogP contribution is 2.33. The van der Waals surface area contributed by atoms with Crippen LogP contribution in [-0.2, 0) is 0 Å². The molecule has 0 unspecified atom stereocenters. The van der Waals surface area contributed by atoms with Gasteiger partial charge in [-0.1, -0.05) is 35.3 Å². The van der Waals surface area contributed by atoms with Gasteiger partial charge in [0.2, 0.25) is 5.95 Å². The summed E-state index contributed by atoms with van der Waals surface area (Å²) in [6.45, 7) is 1.79. The summed E-state index contributed by atoms with van der Waals surface area (Å²) in [6.07, 6.45) is 0. The summed E-state index contributed by atoms with van der Waals surface area (Å²) in [5, 5.41) is 8.58. The van der Waals surface area contributed by atoms with Crippen molar-refractivity contribution in [3.8, 4) is 11.3 Å². The molecular weight excluding hydrogens is 247 g/mol. The molecule has 0 aliphatic rings. The monoisotopic (exact) mass is 254 g/mol. The molecular formula is C10H8Cl2N4. The smallest absolute Gasteiger partial charge is 0.240 e. The zero-order chi connectivity index (χ0) is 11.7. The minimum absolute atomic E-state index is 0.138. The Kier molecular flexibility index (Phi) is 2.94. The first-order valence-electron chi connectivity index (χ1n) is 4.51. The van der Waals surface area contributed by atoms with Gasteiger partial charge < -0.3 is 5.73 Å². The lowest BCUT2D eigenvalue weighted by molar-refractivity contribution is 0.964. The standard InChI is InChI=1S/C10H8Cl2N4/c1-5-9(15-16-10(13)14-5)6-3-2-4-7(11)8(6)12/h2-4H,1H3,(H2,13,14,16). The molecule has 0 bridgehead atoms. The molecule has 2 N–H and O–H groups in total. The highest BCUT2D eigenvalue weighted by molar-refractivity contribution is 6.43. The van der Waals surface area contributed by atoms with Gasteiger partial charge in [0.15, 0.2) is 0 Å². The Morgan fingerprint density at radius 1 is 1.19 bits per heavy atom. The van der Waals surface area contributed by atoms with Crippen molar-refractivity contribution in [2.24, 2.45) is 0 Å². The Morgan fingerprint density at radius 3 is 2.62 bits per heavy atom. The van der Waals surface area contributed by atoms with Gasteiger partial charge in [-0.15, -0.1) is 10.2 Å². The lowest BCUT2D eigenvalue weighted by Gasteiger charge is -2.06. The lowest BCUT2D eigenvalue weighted by Crippen LogP contribution is -2.02. The average Bonchev–Trinajstić information content (AvgIpc) is 2.23. The Bertz CT molecular complexity index is 542. The van der Waals surface area contributed by atoms with E-state index in [0.29, 0.717) is 27.0 Å². The van der Waals surface area contributed by atoms with E-state index in [2.05, 4.69) is 15.2 Å². The van der Waals surface area contributed by atoms with Crippen molar-refractivity contribution in [1.29, 1.82) is 0 Å². The maximum Gasteiger partial charge on any atom is 0.240 e. The van der Waals surface area contributed by atoms with E-state index in [1.807, 2.05) is 6.07 Å². The normalized spacial score (nSPS) is 10.4. The van der Waals surface area contributed by atoms with Gasteiger partial charge in [-0.25, -0.2) is 4.98 Å². The number of rotatable bonds is 1. The summed E-state index contributed by atoms with van der Waals surface area (Å²) >= 11 is 12.0. The van der Waals surface area contributed by atoms with Crippen molar-refractivity contribution < 1.29 is 0 Å². The number of anilines is 1. The van der Waals surface area contributed by atoms with Gasteiger partial charge in [-0.2, -0.15) is 0 Å². The minimum atomic E-state index is 0.138. The number of hydrogen-bond donors (Lipinski definition) is 1. The summed E-state index contributed by atoms with van der Waals surface area (Å²) < 4.78 is 0. The summed E-state index contributed by atoms with van der Waals surface area (Å²) in [5.41, 5.74) is 7.38. The van der Waals surface area contributed by atoms with E-state index in [-0.39, 0.29) is 5.95 Å². The van der Waals surface area contributed by atoms with Gasteiger partial charge in [0.05, 0.1) is 15.7 Å². The molecule has 1 aromatic carbocycles. The molecule has 82 valence electrons. The van der Waals surface area contributed by atoms with Crippen LogP contribution in [0, 0.1) is 6.92 Å². The molecule has 2 rings (SSSR count). The molecule has 4 nitrogen and oxygen atoms in total. The first kappa shape index (κ1) is 11.1. The van der Waals surface area contributed by atoms with Gasteiger partial charge in [-0.05, 0) is 13.0 Å². The second-order valence-corrected chi connectivity index (χ2v) is 3.99. The molecule has 0 fully saturated rings. The fourth-order valence-corrected chi connectivity index (χ4v) is 1.75. The van der Waals surface area contributed by atoms with Gasteiger partial charge in [-0.3, -0.25) is 0 Å². The number of halogens is 2. The van der Waals surface area contributed by atoms with E-state index < -0.39 is 0 Å². The van der Waals surface area contributed by atoms with Crippen LogP contribution in [0.5, 0.6) is 0 Å². The zero-order valence-electron chi connectivity index (χ0n) is 8.41. The number of benzene rings is 1.